The lowest BCUT2D eigenvalue weighted by Gasteiger charge is -2.45. The van der Waals surface area contributed by atoms with Crippen LogP contribution in [0.1, 0.15) is 42.5 Å². The quantitative estimate of drug-likeness (QED) is 0.751. The summed E-state index contributed by atoms with van der Waals surface area (Å²) in [6.45, 7) is 0. The second-order valence-electron chi connectivity index (χ2n) is 7.40. The molecule has 4 N–H and O–H groups in total. The number of methoxy groups -OCH3 is 1. The van der Waals surface area contributed by atoms with Gasteiger partial charge in [0.25, 0.3) is 0 Å². The molecule has 8 nitrogen and oxygen atoms in total. The van der Waals surface area contributed by atoms with Crippen LogP contribution in [0, 0.1) is 0 Å². The van der Waals surface area contributed by atoms with Crippen molar-refractivity contribution in [3.63, 3.8) is 0 Å². The zero-order valence-electron chi connectivity index (χ0n) is 16.9. The number of carbonyl (C=O) groups is 1. The Morgan fingerprint density at radius 3 is 2.43 bits per heavy atom. The Kier molecular flexibility index (Phi) is 5.31. The molecular formula is C22H25N5O3. The number of para-hydroxylation sites is 1. The Morgan fingerprint density at radius 1 is 1.03 bits per heavy atom. The summed E-state index contributed by atoms with van der Waals surface area (Å²) in [6.07, 6.45) is 5.04. The minimum Gasteiger partial charge on any atom is -0.465 e. The topological polar surface area (TPSA) is 116 Å². The van der Waals surface area contributed by atoms with E-state index < -0.39 is 11.6 Å². The van der Waals surface area contributed by atoms with Crippen LogP contribution in [-0.4, -0.2) is 30.7 Å². The normalized spacial score (nSPS) is 17.8. The summed E-state index contributed by atoms with van der Waals surface area (Å²) in [5.41, 5.74) is 12.9. The van der Waals surface area contributed by atoms with Gasteiger partial charge in [-0.25, -0.2) is 9.79 Å². The average Bonchev–Trinajstić information content (AvgIpc) is 2.75. The van der Waals surface area contributed by atoms with E-state index in [1.165, 1.54) is 13.5 Å². The van der Waals surface area contributed by atoms with Crippen molar-refractivity contribution < 1.29 is 14.3 Å². The van der Waals surface area contributed by atoms with Crippen molar-refractivity contribution in [3.05, 3.63) is 54.1 Å². The van der Waals surface area contributed by atoms with Gasteiger partial charge in [-0.2, -0.15) is 4.99 Å². The number of benzene rings is 2. The van der Waals surface area contributed by atoms with Crippen molar-refractivity contribution in [1.29, 1.82) is 0 Å². The Hall–Kier alpha value is -3.55. The number of nitrogens with two attached hydrogens (primary N) is 2. The van der Waals surface area contributed by atoms with E-state index in [0.29, 0.717) is 23.0 Å². The standard InChI is InChI=1S/C22H25N5O3/c1-29-19(28)17-7-3-4-8-18(17)30-16-11-9-15(10-12-16)27-21(24)25-20(23)26-22(27)13-5-2-6-14-22/h3-4,7-12H,2,5-6,13-14H2,1H3,(H4,23,24,25,26). The second kappa shape index (κ2) is 8.06. The molecule has 1 aliphatic carbocycles. The van der Waals surface area contributed by atoms with Gasteiger partial charge in [0, 0.05) is 5.69 Å². The number of ether oxygens (including phenoxy) is 2. The van der Waals surface area contributed by atoms with Crippen molar-refractivity contribution in [2.24, 2.45) is 21.5 Å². The van der Waals surface area contributed by atoms with Crippen LogP contribution in [0.15, 0.2) is 58.5 Å². The minimum atomic E-state index is -0.492. The molecule has 1 saturated carbocycles. The number of carbonyl (C=O) groups excluding carboxylic acids is 1. The molecule has 2 aromatic carbocycles. The van der Waals surface area contributed by atoms with E-state index in [-0.39, 0.29) is 5.96 Å². The molecule has 1 fully saturated rings. The number of esters is 1. The van der Waals surface area contributed by atoms with E-state index in [1.807, 2.05) is 29.2 Å². The molecule has 1 spiro atoms. The highest BCUT2D eigenvalue weighted by Crippen LogP contribution is 2.40. The molecule has 0 saturated heterocycles. The molecule has 0 aromatic heterocycles. The van der Waals surface area contributed by atoms with Gasteiger partial charge in [-0.05, 0) is 62.1 Å². The third kappa shape index (κ3) is 3.68. The predicted molar refractivity (Wildman–Crippen MR) is 116 cm³/mol. The number of hydrogen-bond donors (Lipinski definition) is 2. The minimum absolute atomic E-state index is 0.227. The molecule has 2 aromatic rings. The van der Waals surface area contributed by atoms with Crippen LogP contribution in [0.2, 0.25) is 0 Å². The molecule has 30 heavy (non-hydrogen) atoms. The fourth-order valence-corrected chi connectivity index (χ4v) is 4.12. The molecule has 156 valence electrons. The zero-order valence-corrected chi connectivity index (χ0v) is 16.9. The molecule has 1 heterocycles. The summed E-state index contributed by atoms with van der Waals surface area (Å²) in [5, 5.41) is 0. The molecule has 2 aliphatic rings. The van der Waals surface area contributed by atoms with E-state index in [1.54, 1.807) is 24.3 Å². The molecular weight excluding hydrogens is 382 g/mol. The fourth-order valence-electron chi connectivity index (χ4n) is 4.12. The summed E-state index contributed by atoms with van der Waals surface area (Å²) in [7, 11) is 1.34. The van der Waals surface area contributed by atoms with Crippen molar-refractivity contribution in [3.8, 4) is 11.5 Å². The molecule has 0 unspecified atom stereocenters. The molecule has 0 radical (unpaired) electrons. The third-order valence-corrected chi connectivity index (χ3v) is 5.47. The molecule has 1 aliphatic heterocycles. The first-order valence-corrected chi connectivity index (χ1v) is 9.97. The first-order valence-electron chi connectivity index (χ1n) is 9.97. The monoisotopic (exact) mass is 407 g/mol. The van der Waals surface area contributed by atoms with Gasteiger partial charge in [-0.3, -0.25) is 4.90 Å². The number of nitrogens with zero attached hydrogens (tertiary/aromatic N) is 3. The van der Waals surface area contributed by atoms with Crippen LogP contribution in [0.5, 0.6) is 11.5 Å². The lowest BCUT2D eigenvalue weighted by Crippen LogP contribution is -2.58. The lowest BCUT2D eigenvalue weighted by molar-refractivity contribution is 0.0598. The zero-order chi connectivity index (χ0) is 21.1. The summed E-state index contributed by atoms with van der Waals surface area (Å²) < 4.78 is 10.7. The Labute approximate surface area is 175 Å². The van der Waals surface area contributed by atoms with Crippen molar-refractivity contribution in [1.82, 2.24) is 0 Å². The van der Waals surface area contributed by atoms with E-state index in [0.717, 1.165) is 31.4 Å². The third-order valence-electron chi connectivity index (χ3n) is 5.47. The molecule has 0 bridgehead atoms. The summed E-state index contributed by atoms with van der Waals surface area (Å²) >= 11 is 0. The number of guanidine groups is 2. The number of aliphatic imine (C=N–C) groups is 2. The maximum absolute atomic E-state index is 12.0. The number of rotatable bonds is 4. The second-order valence-corrected chi connectivity index (χ2v) is 7.40. The highest BCUT2D eigenvalue weighted by Gasteiger charge is 2.42. The SMILES string of the molecule is COC(=O)c1ccccc1Oc1ccc(N2C(N)=NC(N)=NC23CCCCC3)cc1. The van der Waals surface area contributed by atoms with Crippen LogP contribution >= 0.6 is 0 Å². The van der Waals surface area contributed by atoms with Gasteiger partial charge in [0.05, 0.1) is 7.11 Å². The van der Waals surface area contributed by atoms with Crippen LogP contribution in [-0.2, 0) is 4.74 Å². The highest BCUT2D eigenvalue weighted by molar-refractivity contribution is 6.05. The van der Waals surface area contributed by atoms with Crippen LogP contribution in [0.3, 0.4) is 0 Å². The van der Waals surface area contributed by atoms with Gasteiger partial charge in [-0.1, -0.05) is 18.6 Å². The van der Waals surface area contributed by atoms with Gasteiger partial charge >= 0.3 is 5.97 Å². The van der Waals surface area contributed by atoms with Gasteiger partial charge < -0.3 is 20.9 Å². The Morgan fingerprint density at radius 2 is 1.73 bits per heavy atom. The molecule has 4 rings (SSSR count). The summed E-state index contributed by atoms with van der Waals surface area (Å²) in [5.74, 6) is 1.13. The lowest BCUT2D eigenvalue weighted by atomic mass is 9.87. The van der Waals surface area contributed by atoms with Gasteiger partial charge in [0.2, 0.25) is 11.9 Å². The molecule has 0 atom stereocenters. The van der Waals surface area contributed by atoms with Crippen molar-refractivity contribution in [2.45, 2.75) is 37.8 Å². The van der Waals surface area contributed by atoms with E-state index in [9.17, 15) is 4.79 Å². The van der Waals surface area contributed by atoms with Crippen molar-refractivity contribution in [2.75, 3.05) is 12.0 Å². The van der Waals surface area contributed by atoms with Gasteiger partial charge in [0.15, 0.2) is 0 Å². The van der Waals surface area contributed by atoms with Crippen LogP contribution in [0.25, 0.3) is 0 Å². The Bertz CT molecular complexity index is 994. The number of anilines is 1. The predicted octanol–water partition coefficient (Wildman–Crippen LogP) is 3.38. The smallest absolute Gasteiger partial charge is 0.341 e. The number of hydrogen-bond acceptors (Lipinski definition) is 8. The first-order chi connectivity index (χ1) is 14.5. The summed E-state index contributed by atoms with van der Waals surface area (Å²) in [6, 6.07) is 14.4. The van der Waals surface area contributed by atoms with Crippen LogP contribution in [0.4, 0.5) is 5.69 Å². The average molecular weight is 407 g/mol. The van der Waals surface area contributed by atoms with Crippen LogP contribution < -0.4 is 21.1 Å². The highest BCUT2D eigenvalue weighted by atomic mass is 16.5. The van der Waals surface area contributed by atoms with Gasteiger partial charge in [-0.15, -0.1) is 0 Å². The summed E-state index contributed by atoms with van der Waals surface area (Å²) in [4.78, 5) is 22.8. The van der Waals surface area contributed by atoms with Crippen molar-refractivity contribution >= 4 is 23.6 Å². The first kappa shape index (κ1) is 19.8. The Balaban J connectivity index is 1.61. The largest absolute Gasteiger partial charge is 0.465 e. The van der Waals surface area contributed by atoms with Gasteiger partial charge in [0.1, 0.15) is 22.7 Å². The fraction of sp³-hybridized carbons (Fsp3) is 0.318. The van der Waals surface area contributed by atoms with E-state index >= 15 is 0 Å². The maximum Gasteiger partial charge on any atom is 0.341 e. The molecule has 8 heteroatoms. The van der Waals surface area contributed by atoms with E-state index in [4.69, 9.17) is 20.9 Å². The van der Waals surface area contributed by atoms with E-state index in [2.05, 4.69) is 9.98 Å². The maximum atomic E-state index is 12.0. The molecule has 0 amide bonds.